The van der Waals surface area contributed by atoms with Crippen LogP contribution < -0.4 is 0 Å². The first kappa shape index (κ1) is 18.1. The number of hydrogen-bond donors (Lipinski definition) is 0. The highest BCUT2D eigenvalue weighted by Crippen LogP contribution is 2.25. The van der Waals surface area contributed by atoms with Crippen molar-refractivity contribution in [3.05, 3.63) is 30.1 Å². The van der Waals surface area contributed by atoms with Crippen molar-refractivity contribution in [1.29, 1.82) is 0 Å². The average molecular weight is 351 g/mol. The zero-order valence-corrected chi connectivity index (χ0v) is 13.1. The first-order chi connectivity index (χ1) is 10.8. The lowest BCUT2D eigenvalue weighted by molar-refractivity contribution is -0.167. The molecule has 1 aromatic carbocycles. The molecule has 1 amide bonds. The summed E-state index contributed by atoms with van der Waals surface area (Å²) in [5.74, 6) is -1.08. The molecule has 0 saturated carbocycles. The van der Waals surface area contributed by atoms with Crippen molar-refractivity contribution in [2.24, 2.45) is 0 Å². The predicted octanol–water partition coefficient (Wildman–Crippen LogP) is 3.49. The first-order valence-corrected chi connectivity index (χ1v) is 8.16. The number of halogens is 4. The van der Waals surface area contributed by atoms with E-state index < -0.39 is 30.5 Å². The summed E-state index contributed by atoms with van der Waals surface area (Å²) in [6.45, 7) is -0.532. The predicted molar refractivity (Wildman–Crippen MR) is 78.7 cm³/mol. The number of nitrogens with zero attached hydrogens (tertiary/aromatic N) is 1. The summed E-state index contributed by atoms with van der Waals surface area (Å²) in [4.78, 5) is 13.8. The number of ether oxygens (including phenoxy) is 1. The molecular formula is C15H17F4NO2S. The molecule has 3 nitrogen and oxygen atoms in total. The van der Waals surface area contributed by atoms with E-state index in [4.69, 9.17) is 4.74 Å². The molecule has 1 fully saturated rings. The zero-order chi connectivity index (χ0) is 16.9. The molecule has 128 valence electrons. The average Bonchev–Trinajstić information content (AvgIpc) is 2.52. The van der Waals surface area contributed by atoms with Crippen molar-refractivity contribution in [2.45, 2.75) is 30.0 Å². The first-order valence-electron chi connectivity index (χ1n) is 7.17. The Balaban J connectivity index is 1.98. The van der Waals surface area contributed by atoms with Gasteiger partial charge >= 0.3 is 6.18 Å². The fourth-order valence-corrected chi connectivity index (χ4v) is 3.15. The molecule has 0 N–H and O–H groups in total. The molecule has 1 heterocycles. The minimum atomic E-state index is -4.44. The summed E-state index contributed by atoms with van der Waals surface area (Å²) in [7, 11) is 0. The lowest BCUT2D eigenvalue weighted by Gasteiger charge is -2.34. The van der Waals surface area contributed by atoms with Crippen LogP contribution in [0, 0.1) is 5.82 Å². The third-order valence-electron chi connectivity index (χ3n) is 3.48. The number of thioether (sulfide) groups is 1. The largest absolute Gasteiger partial charge is 0.406 e. The van der Waals surface area contributed by atoms with E-state index in [9.17, 15) is 22.4 Å². The van der Waals surface area contributed by atoms with Crippen LogP contribution in [0.1, 0.15) is 12.8 Å². The minimum absolute atomic E-state index is 0.112. The van der Waals surface area contributed by atoms with E-state index in [1.807, 2.05) is 0 Å². The van der Waals surface area contributed by atoms with Crippen LogP contribution in [0.25, 0.3) is 0 Å². The van der Waals surface area contributed by atoms with Gasteiger partial charge in [0.15, 0.2) is 0 Å². The molecule has 1 aromatic rings. The Kier molecular flexibility index (Phi) is 6.29. The van der Waals surface area contributed by atoms with Gasteiger partial charge in [0.2, 0.25) is 5.91 Å². The molecule has 0 atom stereocenters. The van der Waals surface area contributed by atoms with Crippen molar-refractivity contribution in [2.75, 3.05) is 25.5 Å². The molecule has 8 heteroatoms. The topological polar surface area (TPSA) is 29.5 Å². The Labute approximate surface area is 136 Å². The second kappa shape index (κ2) is 8.01. The zero-order valence-electron chi connectivity index (χ0n) is 12.3. The molecule has 0 spiro atoms. The van der Waals surface area contributed by atoms with Gasteiger partial charge in [0.25, 0.3) is 0 Å². The van der Waals surface area contributed by atoms with Gasteiger partial charge in [-0.1, -0.05) is 0 Å². The maximum absolute atomic E-state index is 12.8. The van der Waals surface area contributed by atoms with Gasteiger partial charge in [-0.3, -0.25) is 4.79 Å². The second-order valence-electron chi connectivity index (χ2n) is 5.22. The van der Waals surface area contributed by atoms with Gasteiger partial charge < -0.3 is 9.64 Å². The Morgan fingerprint density at radius 2 is 1.83 bits per heavy atom. The van der Waals surface area contributed by atoms with Gasteiger partial charge in [-0.2, -0.15) is 13.2 Å². The number of amides is 1. The summed E-state index contributed by atoms with van der Waals surface area (Å²) in [5, 5.41) is 0. The highest BCUT2D eigenvalue weighted by Gasteiger charge is 2.36. The molecule has 1 aliphatic heterocycles. The van der Waals surface area contributed by atoms with Crippen molar-refractivity contribution in [3.8, 4) is 0 Å². The standard InChI is InChI=1S/C15H17F4NO2S/c16-11-1-3-13(4-2-11)23-9-14(21)20(10-15(17,18)19)12-5-7-22-8-6-12/h1-4,12H,5-10H2. The van der Waals surface area contributed by atoms with Crippen LogP contribution in [0.15, 0.2) is 29.2 Å². The maximum atomic E-state index is 12.8. The smallest absolute Gasteiger partial charge is 0.381 e. The molecule has 0 aliphatic carbocycles. The summed E-state index contributed by atoms with van der Waals surface area (Å²) >= 11 is 1.10. The van der Waals surface area contributed by atoms with Crippen LogP contribution >= 0.6 is 11.8 Å². The van der Waals surface area contributed by atoms with Crippen molar-refractivity contribution in [3.63, 3.8) is 0 Å². The Morgan fingerprint density at radius 3 is 2.39 bits per heavy atom. The quantitative estimate of drug-likeness (QED) is 0.601. The molecule has 0 aromatic heterocycles. The van der Waals surface area contributed by atoms with Crippen LogP contribution in [-0.4, -0.2) is 48.5 Å². The van der Waals surface area contributed by atoms with E-state index in [0.29, 0.717) is 31.0 Å². The van der Waals surface area contributed by atoms with Gasteiger partial charge in [-0.05, 0) is 37.1 Å². The molecule has 0 bridgehead atoms. The normalized spacial score (nSPS) is 16.3. The highest BCUT2D eigenvalue weighted by molar-refractivity contribution is 8.00. The maximum Gasteiger partial charge on any atom is 0.406 e. The number of benzene rings is 1. The van der Waals surface area contributed by atoms with Crippen molar-refractivity contribution in [1.82, 2.24) is 4.90 Å². The van der Waals surface area contributed by atoms with E-state index in [0.717, 1.165) is 16.7 Å². The molecule has 0 unspecified atom stereocenters. The molecular weight excluding hydrogens is 334 g/mol. The lowest BCUT2D eigenvalue weighted by Crippen LogP contribution is -2.48. The fourth-order valence-electron chi connectivity index (χ4n) is 2.37. The van der Waals surface area contributed by atoms with Gasteiger partial charge in [-0.15, -0.1) is 11.8 Å². The number of hydrogen-bond acceptors (Lipinski definition) is 3. The van der Waals surface area contributed by atoms with Crippen molar-refractivity contribution < 1.29 is 27.1 Å². The number of carbonyl (C=O) groups excluding carboxylic acids is 1. The van der Waals surface area contributed by atoms with E-state index in [1.54, 1.807) is 0 Å². The molecule has 0 radical (unpaired) electrons. The number of alkyl halides is 3. The molecule has 23 heavy (non-hydrogen) atoms. The van der Waals surface area contributed by atoms with E-state index in [-0.39, 0.29) is 5.75 Å². The van der Waals surface area contributed by atoms with Crippen LogP contribution in [0.5, 0.6) is 0 Å². The van der Waals surface area contributed by atoms with Crippen molar-refractivity contribution >= 4 is 17.7 Å². The molecule has 2 rings (SSSR count). The second-order valence-corrected chi connectivity index (χ2v) is 6.27. The van der Waals surface area contributed by atoms with Crippen LogP contribution in [-0.2, 0) is 9.53 Å². The summed E-state index contributed by atoms with van der Waals surface area (Å²) in [5.41, 5.74) is 0. The number of carbonyl (C=O) groups is 1. The number of rotatable bonds is 5. The van der Waals surface area contributed by atoms with Gasteiger partial charge in [-0.25, -0.2) is 4.39 Å². The van der Waals surface area contributed by atoms with Crippen LogP contribution in [0.3, 0.4) is 0 Å². The summed E-state index contributed by atoms with van der Waals surface area (Å²) in [6, 6.07) is 5.04. The Morgan fingerprint density at radius 1 is 1.22 bits per heavy atom. The van der Waals surface area contributed by atoms with Crippen LogP contribution in [0.2, 0.25) is 0 Å². The van der Waals surface area contributed by atoms with Gasteiger partial charge in [0.1, 0.15) is 12.4 Å². The third-order valence-corrected chi connectivity index (χ3v) is 4.47. The van der Waals surface area contributed by atoms with E-state index in [1.165, 1.54) is 24.3 Å². The van der Waals surface area contributed by atoms with Crippen LogP contribution in [0.4, 0.5) is 17.6 Å². The van der Waals surface area contributed by atoms with Gasteiger partial charge in [0.05, 0.1) is 5.75 Å². The van der Waals surface area contributed by atoms with Gasteiger partial charge in [0, 0.05) is 24.2 Å². The van der Waals surface area contributed by atoms with E-state index in [2.05, 4.69) is 0 Å². The third kappa shape index (κ3) is 6.02. The molecule has 1 aliphatic rings. The Bertz CT molecular complexity index is 515. The summed E-state index contributed by atoms with van der Waals surface area (Å²) in [6.07, 6.45) is -3.62. The fraction of sp³-hybridized carbons (Fsp3) is 0.533. The Hall–Kier alpha value is -1.28. The SMILES string of the molecule is O=C(CSc1ccc(F)cc1)N(CC(F)(F)F)C1CCOCC1. The highest BCUT2D eigenvalue weighted by atomic mass is 32.2. The lowest BCUT2D eigenvalue weighted by atomic mass is 10.1. The molecule has 1 saturated heterocycles. The monoisotopic (exact) mass is 351 g/mol. The summed E-state index contributed by atoms with van der Waals surface area (Å²) < 4.78 is 56.2. The van der Waals surface area contributed by atoms with E-state index >= 15 is 0 Å². The minimum Gasteiger partial charge on any atom is -0.381 e.